The van der Waals surface area contributed by atoms with Gasteiger partial charge in [-0.2, -0.15) is 5.53 Å². The molecule has 0 aromatic heterocycles. The maximum Gasteiger partial charge on any atom is 0.361 e. The maximum absolute atomic E-state index is 11.3. The normalized spacial score (nSPS) is 20.0. The molecule has 5 heteroatoms. The first-order chi connectivity index (χ1) is 8.29. The molecule has 1 aliphatic rings. The third kappa shape index (κ3) is 3.10. The van der Waals surface area contributed by atoms with Crippen molar-refractivity contribution in [1.82, 2.24) is 4.90 Å². The van der Waals surface area contributed by atoms with Crippen molar-refractivity contribution < 1.29 is 9.53 Å². The first-order valence-corrected chi connectivity index (χ1v) is 5.61. The number of carbonyl (C=O) groups is 1. The molecule has 0 bridgehead atoms. The molecule has 1 fully saturated rings. The molecule has 5 nitrogen and oxygen atoms in total. The van der Waals surface area contributed by atoms with Gasteiger partial charge in [-0.05, 0) is 5.56 Å². The summed E-state index contributed by atoms with van der Waals surface area (Å²) in [5.74, 6) is 0. The van der Waals surface area contributed by atoms with Crippen molar-refractivity contribution in [2.45, 2.75) is 12.5 Å². The number of nitrogens with zero attached hydrogens (tertiary/aromatic N) is 2. The van der Waals surface area contributed by atoms with Gasteiger partial charge in [-0.25, -0.2) is 4.79 Å². The molecule has 1 heterocycles. The third-order valence-electron chi connectivity index (χ3n) is 2.81. The number of urea groups is 1. The van der Waals surface area contributed by atoms with E-state index >= 15 is 0 Å². The van der Waals surface area contributed by atoms with E-state index in [0.29, 0.717) is 19.7 Å². The smallest absolute Gasteiger partial charge is 0.361 e. The number of amides is 2. The van der Waals surface area contributed by atoms with Crippen molar-refractivity contribution in [3.63, 3.8) is 0 Å². The molecule has 2 amide bonds. The lowest BCUT2D eigenvalue weighted by Gasteiger charge is -2.31. The van der Waals surface area contributed by atoms with E-state index in [4.69, 9.17) is 10.3 Å². The predicted octanol–water partition coefficient (Wildman–Crippen LogP) is 2.08. The summed E-state index contributed by atoms with van der Waals surface area (Å²) in [5, 5.41) is 2.94. The van der Waals surface area contributed by atoms with E-state index in [9.17, 15) is 4.79 Å². The van der Waals surface area contributed by atoms with Crippen LogP contribution in [0.4, 0.5) is 4.79 Å². The van der Waals surface area contributed by atoms with Crippen LogP contribution in [0.1, 0.15) is 5.56 Å². The van der Waals surface area contributed by atoms with Gasteiger partial charge >= 0.3 is 6.03 Å². The lowest BCUT2D eigenvalue weighted by molar-refractivity contribution is -0.0122. The highest BCUT2D eigenvalue weighted by Crippen LogP contribution is 2.12. The molecule has 90 valence electrons. The van der Waals surface area contributed by atoms with Crippen LogP contribution in [0.5, 0.6) is 0 Å². The maximum atomic E-state index is 11.3. The summed E-state index contributed by atoms with van der Waals surface area (Å²) in [6.45, 7) is 1.54. The van der Waals surface area contributed by atoms with Crippen molar-refractivity contribution in [3.05, 3.63) is 35.9 Å². The second-order valence-corrected chi connectivity index (χ2v) is 4.02. The molecule has 1 N–H and O–H groups in total. The van der Waals surface area contributed by atoms with Crippen LogP contribution >= 0.6 is 0 Å². The Morgan fingerprint density at radius 3 is 2.94 bits per heavy atom. The van der Waals surface area contributed by atoms with E-state index in [2.05, 4.69) is 5.11 Å². The van der Waals surface area contributed by atoms with E-state index in [1.165, 1.54) is 5.56 Å². The largest absolute Gasteiger partial charge is 0.374 e. The third-order valence-corrected chi connectivity index (χ3v) is 2.81. The Labute approximate surface area is 99.9 Å². The van der Waals surface area contributed by atoms with Crippen LogP contribution in [0.2, 0.25) is 0 Å². The average Bonchev–Trinajstić information content (AvgIpc) is 2.39. The fourth-order valence-electron chi connectivity index (χ4n) is 1.96. The van der Waals surface area contributed by atoms with Gasteiger partial charge in [0.1, 0.15) is 0 Å². The van der Waals surface area contributed by atoms with Crippen LogP contribution in [-0.4, -0.2) is 36.7 Å². The Hall–Kier alpha value is -1.75. The van der Waals surface area contributed by atoms with Crippen molar-refractivity contribution in [2.24, 2.45) is 5.11 Å². The van der Waals surface area contributed by atoms with E-state index < -0.39 is 6.03 Å². The molecule has 1 aromatic carbocycles. The average molecular weight is 233 g/mol. The molecule has 17 heavy (non-hydrogen) atoms. The molecule has 0 spiro atoms. The second kappa shape index (κ2) is 5.54. The van der Waals surface area contributed by atoms with Gasteiger partial charge in [-0.3, -0.25) is 0 Å². The first-order valence-electron chi connectivity index (χ1n) is 5.61. The Balaban J connectivity index is 1.94. The van der Waals surface area contributed by atoms with Crippen molar-refractivity contribution >= 4 is 6.03 Å². The van der Waals surface area contributed by atoms with Gasteiger partial charge in [-0.15, -0.1) is 0 Å². The molecule has 0 aliphatic carbocycles. The van der Waals surface area contributed by atoms with E-state index in [1.807, 2.05) is 30.3 Å². The van der Waals surface area contributed by atoms with E-state index in [1.54, 1.807) is 4.90 Å². The molecule has 1 aliphatic heterocycles. The predicted molar refractivity (Wildman–Crippen MR) is 62.0 cm³/mol. The van der Waals surface area contributed by atoms with Crippen LogP contribution in [0.3, 0.4) is 0 Å². The summed E-state index contributed by atoms with van der Waals surface area (Å²) in [4.78, 5) is 12.8. The number of morpholine rings is 1. The molecule has 0 saturated carbocycles. The molecule has 2 rings (SSSR count). The number of benzene rings is 1. The quantitative estimate of drug-likeness (QED) is 0.795. The van der Waals surface area contributed by atoms with Crippen LogP contribution in [0, 0.1) is 5.53 Å². The Kier molecular flexibility index (Phi) is 3.82. The standard InChI is InChI=1S/C12H15N3O2/c13-14-12(16)15-6-7-17-11(9-15)8-10-4-2-1-3-5-10/h1-5,11,13H,6-9H2. The zero-order valence-corrected chi connectivity index (χ0v) is 9.50. The van der Waals surface area contributed by atoms with E-state index in [0.717, 1.165) is 6.42 Å². The lowest BCUT2D eigenvalue weighted by atomic mass is 10.1. The first kappa shape index (κ1) is 11.7. The molecule has 0 radical (unpaired) electrons. The summed E-state index contributed by atoms with van der Waals surface area (Å²) in [6.07, 6.45) is 0.777. The lowest BCUT2D eigenvalue weighted by Crippen LogP contribution is -2.45. The van der Waals surface area contributed by atoms with Gasteiger partial charge < -0.3 is 9.64 Å². The molecule has 1 saturated heterocycles. The van der Waals surface area contributed by atoms with Crippen molar-refractivity contribution in [3.8, 4) is 0 Å². The van der Waals surface area contributed by atoms with Crippen molar-refractivity contribution in [2.75, 3.05) is 19.7 Å². The van der Waals surface area contributed by atoms with Crippen LogP contribution in [0.15, 0.2) is 35.4 Å². The zero-order valence-electron chi connectivity index (χ0n) is 9.50. The highest BCUT2D eigenvalue weighted by atomic mass is 16.5. The minimum atomic E-state index is -0.480. The Bertz CT molecular complexity index is 394. The summed E-state index contributed by atoms with van der Waals surface area (Å²) in [7, 11) is 0. The SMILES string of the molecule is N=NC(=O)N1CCOC(Cc2ccccc2)C1. The van der Waals surface area contributed by atoms with Gasteiger partial charge in [0, 0.05) is 19.5 Å². The van der Waals surface area contributed by atoms with Crippen LogP contribution in [-0.2, 0) is 11.2 Å². The fraction of sp³-hybridized carbons (Fsp3) is 0.417. The Morgan fingerprint density at radius 1 is 1.47 bits per heavy atom. The summed E-state index contributed by atoms with van der Waals surface area (Å²) < 4.78 is 5.61. The zero-order chi connectivity index (χ0) is 12.1. The molecular weight excluding hydrogens is 218 g/mol. The van der Waals surface area contributed by atoms with E-state index in [-0.39, 0.29) is 6.10 Å². The molecule has 1 aromatic rings. The Morgan fingerprint density at radius 2 is 2.24 bits per heavy atom. The summed E-state index contributed by atoms with van der Waals surface area (Å²) in [6, 6.07) is 9.55. The summed E-state index contributed by atoms with van der Waals surface area (Å²) >= 11 is 0. The highest BCUT2D eigenvalue weighted by Gasteiger charge is 2.23. The van der Waals surface area contributed by atoms with Gasteiger partial charge in [0.15, 0.2) is 0 Å². The number of nitrogens with one attached hydrogen (secondary N) is 1. The van der Waals surface area contributed by atoms with Gasteiger partial charge in [0.2, 0.25) is 0 Å². The van der Waals surface area contributed by atoms with Crippen LogP contribution < -0.4 is 0 Å². The minimum Gasteiger partial charge on any atom is -0.374 e. The second-order valence-electron chi connectivity index (χ2n) is 4.02. The van der Waals surface area contributed by atoms with Crippen LogP contribution in [0.25, 0.3) is 0 Å². The van der Waals surface area contributed by atoms with Gasteiger partial charge in [0.25, 0.3) is 0 Å². The van der Waals surface area contributed by atoms with Gasteiger partial charge in [0.05, 0.1) is 12.7 Å². The molecule has 1 atom stereocenters. The number of carbonyl (C=O) groups excluding carboxylic acids is 1. The molecule has 1 unspecified atom stereocenters. The minimum absolute atomic E-state index is 0.00292. The number of hydrogen-bond acceptors (Lipinski definition) is 3. The summed E-state index contributed by atoms with van der Waals surface area (Å²) in [5.41, 5.74) is 7.91. The topological polar surface area (TPSA) is 65.8 Å². The van der Waals surface area contributed by atoms with Gasteiger partial charge in [-0.1, -0.05) is 35.4 Å². The fourth-order valence-corrected chi connectivity index (χ4v) is 1.96. The number of hydrogen-bond donors (Lipinski definition) is 1. The number of rotatable bonds is 2. The molecular formula is C12H15N3O2. The van der Waals surface area contributed by atoms with Crippen molar-refractivity contribution in [1.29, 1.82) is 5.53 Å². The number of ether oxygens (including phenoxy) is 1. The highest BCUT2D eigenvalue weighted by molar-refractivity contribution is 5.74. The monoisotopic (exact) mass is 233 g/mol.